The van der Waals surface area contributed by atoms with Crippen LogP contribution in [-0.2, 0) is 11.2 Å². The number of aliphatic imine (C=N–C) groups is 1. The minimum Gasteiger partial charge on any atom is -0.356 e. The Balaban J connectivity index is 1.30. The van der Waals surface area contributed by atoms with E-state index < -0.39 is 0 Å². The standard InChI is InChI=1S/C23H37N5O/c1-18-15-19(2)17-20(16-18)7-8-25-23(24-3)26-9-10-27-11-13-28(14-12-27)22(29)21-5-4-6-21/h15-17,21H,4-14H2,1-3H3,(H2,24,25,26). The minimum atomic E-state index is 0.321. The number of nitrogens with one attached hydrogen (secondary N) is 2. The lowest BCUT2D eigenvalue weighted by Crippen LogP contribution is -2.52. The molecule has 29 heavy (non-hydrogen) atoms. The Hall–Kier alpha value is -2.08. The van der Waals surface area contributed by atoms with E-state index in [0.29, 0.717) is 11.8 Å². The van der Waals surface area contributed by atoms with Gasteiger partial charge in [0, 0.05) is 58.8 Å². The highest BCUT2D eigenvalue weighted by Gasteiger charge is 2.30. The summed E-state index contributed by atoms with van der Waals surface area (Å²) in [7, 11) is 1.82. The van der Waals surface area contributed by atoms with E-state index in [2.05, 4.69) is 57.5 Å². The van der Waals surface area contributed by atoms with E-state index in [9.17, 15) is 4.79 Å². The summed E-state index contributed by atoms with van der Waals surface area (Å²) < 4.78 is 0. The highest BCUT2D eigenvalue weighted by atomic mass is 16.2. The van der Waals surface area contributed by atoms with Crippen LogP contribution < -0.4 is 10.6 Å². The van der Waals surface area contributed by atoms with Crippen molar-refractivity contribution in [2.45, 2.75) is 39.5 Å². The fraction of sp³-hybridized carbons (Fsp3) is 0.652. The molecule has 1 amide bonds. The molecule has 2 fully saturated rings. The van der Waals surface area contributed by atoms with Gasteiger partial charge in [0.05, 0.1) is 0 Å². The van der Waals surface area contributed by atoms with E-state index in [1.54, 1.807) is 0 Å². The van der Waals surface area contributed by atoms with Crippen molar-refractivity contribution < 1.29 is 4.79 Å². The van der Waals surface area contributed by atoms with Crippen LogP contribution in [0.3, 0.4) is 0 Å². The lowest BCUT2D eigenvalue weighted by Gasteiger charge is -2.38. The fourth-order valence-corrected chi connectivity index (χ4v) is 4.20. The molecule has 1 aliphatic carbocycles. The van der Waals surface area contributed by atoms with Crippen molar-refractivity contribution in [3.8, 4) is 0 Å². The SMILES string of the molecule is CN=C(NCCc1cc(C)cc(C)c1)NCCN1CCN(C(=O)C2CCC2)CC1. The van der Waals surface area contributed by atoms with Crippen molar-refractivity contribution in [2.24, 2.45) is 10.9 Å². The van der Waals surface area contributed by atoms with Crippen molar-refractivity contribution in [3.05, 3.63) is 34.9 Å². The van der Waals surface area contributed by atoms with E-state index in [4.69, 9.17) is 0 Å². The number of guanidine groups is 1. The highest BCUT2D eigenvalue weighted by molar-refractivity contribution is 5.80. The van der Waals surface area contributed by atoms with Gasteiger partial charge in [0.15, 0.2) is 5.96 Å². The van der Waals surface area contributed by atoms with Crippen LogP contribution in [0.1, 0.15) is 36.0 Å². The molecule has 6 heteroatoms. The smallest absolute Gasteiger partial charge is 0.225 e. The molecule has 1 saturated carbocycles. The third-order valence-electron chi connectivity index (χ3n) is 6.07. The molecule has 0 bridgehead atoms. The Morgan fingerprint density at radius 1 is 1.03 bits per heavy atom. The van der Waals surface area contributed by atoms with Crippen LogP contribution >= 0.6 is 0 Å². The van der Waals surface area contributed by atoms with Crippen LogP contribution in [0.2, 0.25) is 0 Å². The second-order valence-corrected chi connectivity index (χ2v) is 8.47. The van der Waals surface area contributed by atoms with Crippen LogP contribution in [0.5, 0.6) is 0 Å². The summed E-state index contributed by atoms with van der Waals surface area (Å²) in [4.78, 5) is 21.2. The molecule has 160 valence electrons. The molecule has 2 aliphatic rings. The van der Waals surface area contributed by atoms with E-state index in [0.717, 1.165) is 71.0 Å². The largest absolute Gasteiger partial charge is 0.356 e. The van der Waals surface area contributed by atoms with Crippen LogP contribution in [0, 0.1) is 19.8 Å². The molecule has 6 nitrogen and oxygen atoms in total. The van der Waals surface area contributed by atoms with Gasteiger partial charge in [-0.05, 0) is 38.7 Å². The number of rotatable bonds is 7. The zero-order valence-electron chi connectivity index (χ0n) is 18.3. The number of hydrogen-bond acceptors (Lipinski definition) is 3. The minimum absolute atomic E-state index is 0.321. The van der Waals surface area contributed by atoms with Gasteiger partial charge in [-0.15, -0.1) is 0 Å². The van der Waals surface area contributed by atoms with Crippen LogP contribution in [0.15, 0.2) is 23.2 Å². The number of benzene rings is 1. The molecule has 0 spiro atoms. The molecular weight excluding hydrogens is 362 g/mol. The molecule has 1 aliphatic heterocycles. The number of carbonyl (C=O) groups excluding carboxylic acids is 1. The summed E-state index contributed by atoms with van der Waals surface area (Å²) in [6.07, 6.45) is 4.40. The maximum absolute atomic E-state index is 12.3. The molecule has 3 rings (SSSR count). The normalized spacial score (nSPS) is 18.4. The zero-order valence-corrected chi connectivity index (χ0v) is 18.3. The molecule has 1 aromatic carbocycles. The Bertz CT molecular complexity index is 685. The van der Waals surface area contributed by atoms with E-state index in [1.165, 1.54) is 23.1 Å². The molecule has 0 atom stereocenters. The molecule has 0 aromatic heterocycles. The van der Waals surface area contributed by atoms with Crippen molar-refractivity contribution in [1.82, 2.24) is 20.4 Å². The summed E-state index contributed by atoms with van der Waals surface area (Å²) >= 11 is 0. The van der Waals surface area contributed by atoms with Gasteiger partial charge in [-0.25, -0.2) is 0 Å². The summed E-state index contributed by atoms with van der Waals surface area (Å²) in [6.45, 7) is 10.7. The number of amides is 1. The van der Waals surface area contributed by atoms with E-state index in [1.807, 2.05) is 7.05 Å². The van der Waals surface area contributed by atoms with E-state index >= 15 is 0 Å². The van der Waals surface area contributed by atoms with Crippen molar-refractivity contribution >= 4 is 11.9 Å². The Labute approximate surface area is 175 Å². The fourth-order valence-electron chi connectivity index (χ4n) is 4.20. The summed E-state index contributed by atoms with van der Waals surface area (Å²) in [6, 6.07) is 6.71. The first kappa shape index (κ1) is 21.6. The third kappa shape index (κ3) is 6.46. The first-order valence-corrected chi connectivity index (χ1v) is 11.1. The molecule has 0 unspecified atom stereocenters. The Kier molecular flexibility index (Phi) is 7.92. The Morgan fingerprint density at radius 2 is 1.69 bits per heavy atom. The molecule has 1 heterocycles. The monoisotopic (exact) mass is 399 g/mol. The maximum Gasteiger partial charge on any atom is 0.225 e. The van der Waals surface area contributed by atoms with Gasteiger partial charge in [0.1, 0.15) is 0 Å². The van der Waals surface area contributed by atoms with E-state index in [-0.39, 0.29) is 0 Å². The molecule has 1 aromatic rings. The summed E-state index contributed by atoms with van der Waals surface area (Å²) in [5.74, 6) is 1.57. The van der Waals surface area contributed by atoms with Gasteiger partial charge in [0.25, 0.3) is 0 Å². The molecule has 1 saturated heterocycles. The number of aryl methyl sites for hydroxylation is 2. The van der Waals surface area contributed by atoms with Crippen molar-refractivity contribution in [3.63, 3.8) is 0 Å². The van der Waals surface area contributed by atoms with Gasteiger partial charge < -0.3 is 15.5 Å². The number of nitrogens with zero attached hydrogens (tertiary/aromatic N) is 3. The predicted molar refractivity (Wildman–Crippen MR) is 119 cm³/mol. The second-order valence-electron chi connectivity index (χ2n) is 8.47. The molecular formula is C23H37N5O. The highest BCUT2D eigenvalue weighted by Crippen LogP contribution is 2.28. The topological polar surface area (TPSA) is 60.0 Å². The number of hydrogen-bond donors (Lipinski definition) is 2. The average Bonchev–Trinajstić information content (AvgIpc) is 2.65. The quantitative estimate of drug-likeness (QED) is 0.544. The van der Waals surface area contributed by atoms with Crippen LogP contribution in [0.4, 0.5) is 0 Å². The van der Waals surface area contributed by atoms with Gasteiger partial charge in [-0.3, -0.25) is 14.7 Å². The second kappa shape index (κ2) is 10.6. The van der Waals surface area contributed by atoms with Crippen molar-refractivity contribution in [1.29, 1.82) is 0 Å². The summed E-state index contributed by atoms with van der Waals surface area (Å²) in [5, 5.41) is 6.82. The van der Waals surface area contributed by atoms with Crippen LogP contribution in [-0.4, -0.2) is 74.5 Å². The number of piperazine rings is 1. The van der Waals surface area contributed by atoms with Crippen molar-refractivity contribution in [2.75, 3.05) is 52.9 Å². The van der Waals surface area contributed by atoms with Crippen LogP contribution in [0.25, 0.3) is 0 Å². The van der Waals surface area contributed by atoms with Gasteiger partial charge in [-0.2, -0.15) is 0 Å². The third-order valence-corrected chi connectivity index (χ3v) is 6.07. The Morgan fingerprint density at radius 3 is 2.28 bits per heavy atom. The predicted octanol–water partition coefficient (Wildman–Crippen LogP) is 1.96. The molecule has 2 N–H and O–H groups in total. The summed E-state index contributed by atoms with van der Waals surface area (Å²) in [5.41, 5.74) is 3.99. The zero-order chi connectivity index (χ0) is 20.6. The van der Waals surface area contributed by atoms with Gasteiger partial charge >= 0.3 is 0 Å². The lowest BCUT2D eigenvalue weighted by atomic mass is 9.84. The average molecular weight is 400 g/mol. The lowest BCUT2D eigenvalue weighted by molar-refractivity contribution is -0.139. The van der Waals surface area contributed by atoms with Gasteiger partial charge in [0.2, 0.25) is 5.91 Å². The number of carbonyl (C=O) groups is 1. The van der Waals surface area contributed by atoms with Gasteiger partial charge in [-0.1, -0.05) is 35.7 Å². The maximum atomic E-state index is 12.3. The molecule has 0 radical (unpaired) electrons. The first-order valence-electron chi connectivity index (χ1n) is 11.1. The first-order chi connectivity index (χ1) is 14.0.